The molecule has 0 saturated heterocycles. The van der Waals surface area contributed by atoms with Crippen molar-refractivity contribution in [1.29, 1.82) is 0 Å². The Bertz CT molecular complexity index is 751. The molecule has 2 aromatic rings. The molecule has 0 atom stereocenters. The first-order valence-electron chi connectivity index (χ1n) is 5.97. The fourth-order valence-electron chi connectivity index (χ4n) is 1.88. The number of hydrogen-bond acceptors (Lipinski definition) is 3. The lowest BCUT2D eigenvalue weighted by Crippen LogP contribution is -2.17. The Kier molecular flexibility index (Phi) is 3.99. The molecule has 0 amide bonds. The van der Waals surface area contributed by atoms with Gasteiger partial charge >= 0.3 is 0 Å². The van der Waals surface area contributed by atoms with Crippen LogP contribution in [0.5, 0.6) is 0 Å². The molecular formula is C15H13FO3S. The Labute approximate surface area is 117 Å². The van der Waals surface area contributed by atoms with Gasteiger partial charge in [-0.3, -0.25) is 4.79 Å². The van der Waals surface area contributed by atoms with E-state index in [0.717, 1.165) is 12.1 Å². The van der Waals surface area contributed by atoms with Gasteiger partial charge in [0.05, 0.1) is 4.90 Å². The summed E-state index contributed by atoms with van der Waals surface area (Å²) in [4.78, 5) is 11.9. The van der Waals surface area contributed by atoms with Crippen LogP contribution in [-0.4, -0.2) is 20.0 Å². The summed E-state index contributed by atoms with van der Waals surface area (Å²) in [5.74, 6) is -1.80. The van der Waals surface area contributed by atoms with Crippen LogP contribution in [0.25, 0.3) is 0 Å². The lowest BCUT2D eigenvalue weighted by atomic mass is 10.1. The van der Waals surface area contributed by atoms with E-state index in [9.17, 15) is 17.6 Å². The van der Waals surface area contributed by atoms with E-state index in [-0.39, 0.29) is 4.90 Å². The number of carbonyl (C=O) groups excluding carboxylic acids is 1. The van der Waals surface area contributed by atoms with Crippen molar-refractivity contribution in [2.75, 3.05) is 5.75 Å². The highest BCUT2D eigenvalue weighted by Gasteiger charge is 2.21. The second-order valence-electron chi connectivity index (χ2n) is 4.45. The monoisotopic (exact) mass is 292 g/mol. The molecule has 0 spiro atoms. The van der Waals surface area contributed by atoms with Crippen LogP contribution in [0, 0.1) is 12.7 Å². The third-order valence-corrected chi connectivity index (χ3v) is 4.54. The van der Waals surface area contributed by atoms with Gasteiger partial charge in [0.2, 0.25) is 0 Å². The molecule has 0 unspecified atom stereocenters. The molecule has 0 bridgehead atoms. The Morgan fingerprint density at radius 3 is 2.45 bits per heavy atom. The first kappa shape index (κ1) is 14.4. The maximum Gasteiger partial charge on any atom is 0.185 e. The van der Waals surface area contributed by atoms with E-state index < -0.39 is 27.2 Å². The minimum Gasteiger partial charge on any atom is -0.293 e. The van der Waals surface area contributed by atoms with E-state index in [1.165, 1.54) is 12.1 Å². The molecule has 0 saturated carbocycles. The smallest absolute Gasteiger partial charge is 0.185 e. The molecule has 0 aliphatic heterocycles. The van der Waals surface area contributed by atoms with Gasteiger partial charge in [-0.25, -0.2) is 12.8 Å². The van der Waals surface area contributed by atoms with Crippen molar-refractivity contribution in [3.05, 3.63) is 65.5 Å². The van der Waals surface area contributed by atoms with Gasteiger partial charge in [0.25, 0.3) is 0 Å². The summed E-state index contributed by atoms with van der Waals surface area (Å²) in [5.41, 5.74) is 1.08. The normalized spacial score (nSPS) is 11.3. The van der Waals surface area contributed by atoms with Gasteiger partial charge in [-0.2, -0.15) is 0 Å². The summed E-state index contributed by atoms with van der Waals surface area (Å²) in [5, 5.41) is 0. The van der Waals surface area contributed by atoms with Gasteiger partial charge < -0.3 is 0 Å². The van der Waals surface area contributed by atoms with Crippen molar-refractivity contribution in [3.8, 4) is 0 Å². The molecule has 0 N–H and O–H groups in total. The number of Topliss-reactive ketones (excluding diaryl/α,β-unsaturated/α-hetero) is 1. The van der Waals surface area contributed by atoms with Gasteiger partial charge in [-0.15, -0.1) is 0 Å². The Morgan fingerprint density at radius 1 is 1.10 bits per heavy atom. The van der Waals surface area contributed by atoms with Crippen LogP contribution >= 0.6 is 0 Å². The molecule has 20 heavy (non-hydrogen) atoms. The van der Waals surface area contributed by atoms with Crippen molar-refractivity contribution in [1.82, 2.24) is 0 Å². The zero-order valence-electron chi connectivity index (χ0n) is 10.8. The maximum absolute atomic E-state index is 13.1. The quantitative estimate of drug-likeness (QED) is 0.814. The van der Waals surface area contributed by atoms with E-state index in [0.29, 0.717) is 11.1 Å². The van der Waals surface area contributed by atoms with E-state index in [4.69, 9.17) is 0 Å². The number of hydrogen-bond donors (Lipinski definition) is 0. The van der Waals surface area contributed by atoms with Crippen LogP contribution in [0.3, 0.4) is 0 Å². The van der Waals surface area contributed by atoms with Crippen LogP contribution in [0.15, 0.2) is 53.4 Å². The topological polar surface area (TPSA) is 51.2 Å². The van der Waals surface area contributed by atoms with Crippen molar-refractivity contribution in [2.24, 2.45) is 0 Å². The molecule has 0 aliphatic carbocycles. The predicted molar refractivity (Wildman–Crippen MR) is 74.0 cm³/mol. The zero-order valence-corrected chi connectivity index (χ0v) is 11.7. The SMILES string of the molecule is Cc1ccccc1C(=O)CS(=O)(=O)c1cccc(F)c1. The maximum atomic E-state index is 13.1. The molecule has 104 valence electrons. The fourth-order valence-corrected chi connectivity index (χ4v) is 3.13. The molecule has 3 nitrogen and oxygen atoms in total. The number of halogens is 1. The number of carbonyl (C=O) groups is 1. The van der Waals surface area contributed by atoms with Crippen LogP contribution in [0.1, 0.15) is 15.9 Å². The molecular weight excluding hydrogens is 279 g/mol. The third-order valence-electron chi connectivity index (χ3n) is 2.92. The Balaban J connectivity index is 2.30. The molecule has 0 aliphatic rings. The summed E-state index contributed by atoms with van der Waals surface area (Å²) in [6, 6.07) is 11.4. The number of aryl methyl sites for hydroxylation is 1. The lowest BCUT2D eigenvalue weighted by Gasteiger charge is -2.06. The number of sulfone groups is 1. The summed E-state index contributed by atoms with van der Waals surface area (Å²) in [6.45, 7) is 1.74. The van der Waals surface area contributed by atoms with Gasteiger partial charge in [0.15, 0.2) is 15.6 Å². The minimum atomic E-state index is -3.84. The molecule has 2 rings (SSSR count). The fraction of sp³-hybridized carbons (Fsp3) is 0.133. The molecule has 0 radical (unpaired) electrons. The summed E-state index contributed by atoms with van der Waals surface area (Å²) < 4.78 is 37.3. The van der Waals surface area contributed by atoms with E-state index >= 15 is 0 Å². The lowest BCUT2D eigenvalue weighted by molar-refractivity contribution is 0.102. The van der Waals surface area contributed by atoms with Crippen LogP contribution < -0.4 is 0 Å². The zero-order chi connectivity index (χ0) is 14.8. The first-order chi connectivity index (χ1) is 9.40. The van der Waals surface area contributed by atoms with E-state index in [1.807, 2.05) is 0 Å². The summed E-state index contributed by atoms with van der Waals surface area (Å²) in [7, 11) is -3.84. The predicted octanol–water partition coefficient (Wildman–Crippen LogP) is 2.79. The molecule has 5 heteroatoms. The van der Waals surface area contributed by atoms with Gasteiger partial charge in [0.1, 0.15) is 11.6 Å². The number of ketones is 1. The first-order valence-corrected chi connectivity index (χ1v) is 7.62. The van der Waals surface area contributed by atoms with Crippen molar-refractivity contribution < 1.29 is 17.6 Å². The Morgan fingerprint density at radius 2 is 1.80 bits per heavy atom. The largest absolute Gasteiger partial charge is 0.293 e. The highest BCUT2D eigenvalue weighted by molar-refractivity contribution is 7.92. The molecule has 0 heterocycles. The van der Waals surface area contributed by atoms with Crippen LogP contribution in [0.2, 0.25) is 0 Å². The molecule has 2 aromatic carbocycles. The number of rotatable bonds is 4. The minimum absolute atomic E-state index is 0.181. The summed E-state index contributed by atoms with van der Waals surface area (Å²) in [6.07, 6.45) is 0. The average Bonchev–Trinajstić information content (AvgIpc) is 2.38. The summed E-state index contributed by atoms with van der Waals surface area (Å²) >= 11 is 0. The second kappa shape index (κ2) is 5.54. The van der Waals surface area contributed by atoms with Crippen LogP contribution in [0.4, 0.5) is 4.39 Å². The van der Waals surface area contributed by atoms with Gasteiger partial charge in [-0.1, -0.05) is 30.3 Å². The highest BCUT2D eigenvalue weighted by Crippen LogP contribution is 2.16. The van der Waals surface area contributed by atoms with Crippen molar-refractivity contribution in [2.45, 2.75) is 11.8 Å². The van der Waals surface area contributed by atoms with E-state index in [2.05, 4.69) is 0 Å². The standard InChI is InChI=1S/C15H13FO3S/c1-11-5-2-3-8-14(11)15(17)10-20(18,19)13-7-4-6-12(16)9-13/h2-9H,10H2,1H3. The van der Waals surface area contributed by atoms with Crippen molar-refractivity contribution in [3.63, 3.8) is 0 Å². The molecule has 0 fully saturated rings. The average molecular weight is 292 g/mol. The second-order valence-corrected chi connectivity index (χ2v) is 6.44. The third kappa shape index (κ3) is 3.11. The van der Waals surface area contributed by atoms with Gasteiger partial charge in [0, 0.05) is 5.56 Å². The van der Waals surface area contributed by atoms with E-state index in [1.54, 1.807) is 31.2 Å². The van der Waals surface area contributed by atoms with Gasteiger partial charge in [-0.05, 0) is 30.7 Å². The van der Waals surface area contributed by atoms with Crippen molar-refractivity contribution >= 4 is 15.6 Å². The number of benzene rings is 2. The Hall–Kier alpha value is -2.01. The molecule has 0 aromatic heterocycles. The highest BCUT2D eigenvalue weighted by atomic mass is 32.2. The van der Waals surface area contributed by atoms with Crippen LogP contribution in [-0.2, 0) is 9.84 Å².